The van der Waals surface area contributed by atoms with E-state index in [-0.39, 0.29) is 0 Å². The number of carboxylic acids is 1. The third-order valence-corrected chi connectivity index (χ3v) is 4.75. The van der Waals surface area contributed by atoms with E-state index in [0.29, 0.717) is 18.4 Å². The Morgan fingerprint density at radius 2 is 2.17 bits per heavy atom. The Hall–Kier alpha value is -1.04. The van der Waals surface area contributed by atoms with Crippen molar-refractivity contribution in [1.29, 1.82) is 0 Å². The third-order valence-electron chi connectivity index (χ3n) is 3.44. The Balaban J connectivity index is 1.84. The first-order chi connectivity index (χ1) is 8.70. The zero-order valence-corrected chi connectivity index (χ0v) is 11.2. The Labute approximate surface area is 110 Å². The predicted octanol–water partition coefficient (Wildman–Crippen LogP) is 2.45. The maximum Gasteiger partial charge on any atom is 0.317 e. The fourth-order valence-corrected chi connectivity index (χ4v) is 3.07. The molecule has 5 nitrogen and oxygen atoms in total. The number of aliphatic carboxylic acids is 1. The average Bonchev–Trinajstić information content (AvgIpc) is 3.24. The molecule has 2 saturated carbocycles. The lowest BCUT2D eigenvalue weighted by Gasteiger charge is -2.11. The van der Waals surface area contributed by atoms with E-state index in [2.05, 4.69) is 14.8 Å². The molecule has 2 fully saturated rings. The maximum absolute atomic E-state index is 11.1. The van der Waals surface area contributed by atoms with Gasteiger partial charge in [0.15, 0.2) is 5.16 Å². The molecule has 1 unspecified atom stereocenters. The fraction of sp³-hybridized carbons (Fsp3) is 0.750. The van der Waals surface area contributed by atoms with Gasteiger partial charge in [-0.05, 0) is 32.1 Å². The van der Waals surface area contributed by atoms with Gasteiger partial charge in [-0.3, -0.25) is 4.79 Å². The van der Waals surface area contributed by atoms with E-state index < -0.39 is 11.2 Å². The molecule has 0 aliphatic heterocycles. The van der Waals surface area contributed by atoms with Gasteiger partial charge in [0.1, 0.15) is 11.1 Å². The number of carboxylic acid groups (broad SMARTS) is 1. The molecule has 0 bridgehead atoms. The quantitative estimate of drug-likeness (QED) is 0.802. The molecule has 0 saturated heterocycles. The fourth-order valence-electron chi connectivity index (χ4n) is 2.10. The summed E-state index contributed by atoms with van der Waals surface area (Å²) in [5, 5.41) is 18.0. The van der Waals surface area contributed by atoms with Gasteiger partial charge in [0.2, 0.25) is 0 Å². The first kappa shape index (κ1) is 12.0. The minimum Gasteiger partial charge on any atom is -0.480 e. The van der Waals surface area contributed by atoms with Crippen molar-refractivity contribution in [1.82, 2.24) is 14.8 Å². The van der Waals surface area contributed by atoms with E-state index in [4.69, 9.17) is 5.11 Å². The second-order valence-electron chi connectivity index (χ2n) is 5.07. The van der Waals surface area contributed by atoms with Crippen LogP contribution in [-0.4, -0.2) is 31.1 Å². The average molecular weight is 267 g/mol. The minimum absolute atomic E-state index is 0.418. The van der Waals surface area contributed by atoms with Crippen LogP contribution < -0.4 is 0 Å². The molecule has 1 aromatic rings. The van der Waals surface area contributed by atoms with Crippen LogP contribution >= 0.6 is 11.8 Å². The monoisotopic (exact) mass is 267 g/mol. The van der Waals surface area contributed by atoms with Crippen molar-refractivity contribution >= 4 is 17.7 Å². The second-order valence-corrected chi connectivity index (χ2v) is 6.24. The summed E-state index contributed by atoms with van der Waals surface area (Å²) in [4.78, 5) is 11.1. The van der Waals surface area contributed by atoms with Gasteiger partial charge in [-0.15, -0.1) is 10.2 Å². The standard InChI is InChI=1S/C12H17N3O2S/c1-2-9(11(16)17)18-12-14-13-10(7-3-4-7)15(12)8-5-6-8/h7-9H,2-6H2,1H3,(H,16,17). The van der Waals surface area contributed by atoms with Crippen LogP contribution in [0.25, 0.3) is 0 Å². The minimum atomic E-state index is -0.763. The summed E-state index contributed by atoms with van der Waals surface area (Å²) < 4.78 is 2.20. The maximum atomic E-state index is 11.1. The second kappa shape index (κ2) is 4.57. The zero-order valence-electron chi connectivity index (χ0n) is 10.4. The van der Waals surface area contributed by atoms with E-state index in [1.165, 1.54) is 37.4 Å². The van der Waals surface area contributed by atoms with Crippen LogP contribution in [-0.2, 0) is 4.79 Å². The number of thioether (sulfide) groups is 1. The number of hydrogen-bond acceptors (Lipinski definition) is 4. The molecular formula is C12H17N3O2S. The van der Waals surface area contributed by atoms with Crippen molar-refractivity contribution in [3.8, 4) is 0 Å². The van der Waals surface area contributed by atoms with Crippen molar-refractivity contribution in [2.45, 2.75) is 61.4 Å². The van der Waals surface area contributed by atoms with Gasteiger partial charge in [0.05, 0.1) is 0 Å². The summed E-state index contributed by atoms with van der Waals surface area (Å²) in [6, 6.07) is 0.518. The molecule has 0 aromatic carbocycles. The third kappa shape index (κ3) is 2.25. The van der Waals surface area contributed by atoms with Crippen LogP contribution in [0.1, 0.15) is 56.8 Å². The highest BCUT2D eigenvalue weighted by molar-refractivity contribution is 8.00. The van der Waals surface area contributed by atoms with Crippen LogP contribution in [0.15, 0.2) is 5.16 Å². The smallest absolute Gasteiger partial charge is 0.317 e. The molecule has 0 spiro atoms. The molecule has 2 aliphatic rings. The van der Waals surface area contributed by atoms with E-state index in [1.807, 2.05) is 6.92 Å². The van der Waals surface area contributed by atoms with Crippen LogP contribution in [0, 0.1) is 0 Å². The van der Waals surface area contributed by atoms with Gasteiger partial charge in [0.25, 0.3) is 0 Å². The molecule has 1 heterocycles. The van der Waals surface area contributed by atoms with Gasteiger partial charge >= 0.3 is 5.97 Å². The molecular weight excluding hydrogens is 250 g/mol. The number of rotatable bonds is 6. The summed E-state index contributed by atoms with van der Waals surface area (Å²) in [6.45, 7) is 1.89. The number of aromatic nitrogens is 3. The zero-order chi connectivity index (χ0) is 12.7. The van der Waals surface area contributed by atoms with Crippen molar-refractivity contribution in [2.24, 2.45) is 0 Å². The lowest BCUT2D eigenvalue weighted by Crippen LogP contribution is -2.16. The van der Waals surface area contributed by atoms with Crippen LogP contribution in [0.2, 0.25) is 0 Å². The Bertz CT molecular complexity index is 466. The molecule has 1 N–H and O–H groups in total. The molecule has 98 valence electrons. The van der Waals surface area contributed by atoms with Gasteiger partial charge in [-0.25, -0.2) is 0 Å². The summed E-state index contributed by atoms with van der Waals surface area (Å²) in [5.74, 6) is 0.887. The van der Waals surface area contributed by atoms with Crippen molar-refractivity contribution in [3.05, 3.63) is 5.82 Å². The highest BCUT2D eigenvalue weighted by Crippen LogP contribution is 2.46. The van der Waals surface area contributed by atoms with Crippen LogP contribution in [0.4, 0.5) is 0 Å². The van der Waals surface area contributed by atoms with E-state index in [1.54, 1.807) is 0 Å². The molecule has 2 aliphatic carbocycles. The van der Waals surface area contributed by atoms with Crippen LogP contribution in [0.3, 0.4) is 0 Å². The molecule has 1 atom stereocenters. The SMILES string of the molecule is CCC(Sc1nnc(C2CC2)n1C1CC1)C(=O)O. The molecule has 0 amide bonds. The van der Waals surface area contributed by atoms with Crippen molar-refractivity contribution < 1.29 is 9.90 Å². The molecule has 1 aromatic heterocycles. The predicted molar refractivity (Wildman–Crippen MR) is 67.8 cm³/mol. The molecule has 18 heavy (non-hydrogen) atoms. The molecule has 6 heteroatoms. The summed E-state index contributed by atoms with van der Waals surface area (Å²) >= 11 is 1.35. The summed E-state index contributed by atoms with van der Waals surface area (Å²) in [7, 11) is 0. The van der Waals surface area contributed by atoms with Crippen molar-refractivity contribution in [3.63, 3.8) is 0 Å². The Morgan fingerprint density at radius 3 is 2.67 bits per heavy atom. The van der Waals surface area contributed by atoms with Gasteiger partial charge in [-0.1, -0.05) is 18.7 Å². The lowest BCUT2D eigenvalue weighted by molar-refractivity contribution is -0.136. The van der Waals surface area contributed by atoms with Crippen LogP contribution in [0.5, 0.6) is 0 Å². The van der Waals surface area contributed by atoms with E-state index in [9.17, 15) is 4.79 Å². The van der Waals surface area contributed by atoms with E-state index >= 15 is 0 Å². The summed E-state index contributed by atoms with van der Waals surface area (Å²) in [6.07, 6.45) is 5.36. The Kier molecular flexibility index (Phi) is 3.05. The number of hydrogen-bond donors (Lipinski definition) is 1. The first-order valence-electron chi connectivity index (χ1n) is 6.55. The molecule has 3 rings (SSSR count). The Morgan fingerprint density at radius 1 is 1.44 bits per heavy atom. The first-order valence-corrected chi connectivity index (χ1v) is 7.43. The largest absolute Gasteiger partial charge is 0.480 e. The lowest BCUT2D eigenvalue weighted by atomic mass is 10.3. The topological polar surface area (TPSA) is 68.0 Å². The number of nitrogens with zero attached hydrogens (tertiary/aromatic N) is 3. The van der Waals surface area contributed by atoms with Crippen molar-refractivity contribution in [2.75, 3.05) is 0 Å². The van der Waals surface area contributed by atoms with Gasteiger partial charge in [0, 0.05) is 12.0 Å². The molecule has 0 radical (unpaired) electrons. The van der Waals surface area contributed by atoms with E-state index in [0.717, 1.165) is 11.0 Å². The normalized spacial score (nSPS) is 20.9. The highest BCUT2D eigenvalue weighted by Gasteiger charge is 2.37. The van der Waals surface area contributed by atoms with Gasteiger partial charge < -0.3 is 9.67 Å². The highest BCUT2D eigenvalue weighted by atomic mass is 32.2. The van der Waals surface area contributed by atoms with Gasteiger partial charge in [-0.2, -0.15) is 0 Å². The summed E-state index contributed by atoms with van der Waals surface area (Å²) in [5.41, 5.74) is 0. The number of carbonyl (C=O) groups is 1.